The minimum atomic E-state index is -0.396. The van der Waals surface area contributed by atoms with Crippen molar-refractivity contribution >= 4 is 21.7 Å². The molecule has 0 fully saturated rings. The SMILES string of the molecule is Nc1ccc(Oc2cc(F)cc(Br)c2)nn1. The Morgan fingerprint density at radius 2 is 2.00 bits per heavy atom. The maximum absolute atomic E-state index is 13.0. The Bertz CT molecular complexity index is 484. The fourth-order valence-corrected chi connectivity index (χ4v) is 1.54. The number of halogens is 2. The number of hydrogen-bond acceptors (Lipinski definition) is 4. The summed E-state index contributed by atoms with van der Waals surface area (Å²) in [6.45, 7) is 0. The molecule has 0 aliphatic carbocycles. The van der Waals surface area contributed by atoms with Gasteiger partial charge < -0.3 is 10.5 Å². The standard InChI is InChI=1S/C10H7BrFN3O/c11-6-3-7(12)5-8(4-6)16-10-2-1-9(13)14-15-10/h1-5H,(H2,13,14). The molecule has 2 N–H and O–H groups in total. The summed E-state index contributed by atoms with van der Waals surface area (Å²) >= 11 is 3.16. The first-order valence-corrected chi connectivity index (χ1v) is 5.16. The summed E-state index contributed by atoms with van der Waals surface area (Å²) in [4.78, 5) is 0. The van der Waals surface area contributed by atoms with E-state index < -0.39 is 5.82 Å². The predicted molar refractivity (Wildman–Crippen MR) is 60.6 cm³/mol. The second-order valence-corrected chi connectivity index (χ2v) is 3.92. The maximum atomic E-state index is 13.0. The van der Waals surface area contributed by atoms with Gasteiger partial charge in [0.25, 0.3) is 0 Å². The van der Waals surface area contributed by atoms with E-state index in [1.165, 1.54) is 12.1 Å². The highest BCUT2D eigenvalue weighted by Gasteiger charge is 2.02. The first-order chi connectivity index (χ1) is 7.63. The highest BCUT2D eigenvalue weighted by molar-refractivity contribution is 9.10. The van der Waals surface area contributed by atoms with E-state index in [4.69, 9.17) is 10.5 Å². The number of benzene rings is 1. The summed E-state index contributed by atoms with van der Waals surface area (Å²) in [5.41, 5.74) is 5.37. The number of ether oxygens (including phenoxy) is 1. The van der Waals surface area contributed by atoms with Gasteiger partial charge in [-0.15, -0.1) is 10.2 Å². The topological polar surface area (TPSA) is 61.0 Å². The summed E-state index contributed by atoms with van der Waals surface area (Å²) in [5.74, 6) is 0.498. The molecule has 1 aromatic carbocycles. The van der Waals surface area contributed by atoms with Crippen molar-refractivity contribution < 1.29 is 9.13 Å². The van der Waals surface area contributed by atoms with Crippen LogP contribution in [0.1, 0.15) is 0 Å². The highest BCUT2D eigenvalue weighted by Crippen LogP contribution is 2.24. The van der Waals surface area contributed by atoms with Crippen molar-refractivity contribution in [3.05, 3.63) is 40.6 Å². The summed E-state index contributed by atoms with van der Waals surface area (Å²) in [5, 5.41) is 7.32. The van der Waals surface area contributed by atoms with Crippen LogP contribution in [0.5, 0.6) is 11.6 Å². The van der Waals surface area contributed by atoms with Crippen LogP contribution in [0.4, 0.5) is 10.2 Å². The van der Waals surface area contributed by atoms with Crippen molar-refractivity contribution in [2.45, 2.75) is 0 Å². The first-order valence-electron chi connectivity index (χ1n) is 4.36. The van der Waals surface area contributed by atoms with Gasteiger partial charge in [0.1, 0.15) is 17.4 Å². The molecule has 6 heteroatoms. The minimum Gasteiger partial charge on any atom is -0.437 e. The van der Waals surface area contributed by atoms with Gasteiger partial charge in [0.15, 0.2) is 0 Å². The van der Waals surface area contributed by atoms with E-state index in [0.29, 0.717) is 16.0 Å². The maximum Gasteiger partial charge on any atom is 0.238 e. The number of nitrogens with zero attached hydrogens (tertiary/aromatic N) is 2. The summed E-state index contributed by atoms with van der Waals surface area (Å²) < 4.78 is 18.9. The van der Waals surface area contributed by atoms with Crippen LogP contribution < -0.4 is 10.5 Å². The van der Waals surface area contributed by atoms with Crippen molar-refractivity contribution in [1.29, 1.82) is 0 Å². The smallest absolute Gasteiger partial charge is 0.238 e. The fraction of sp³-hybridized carbons (Fsp3) is 0. The van der Waals surface area contributed by atoms with E-state index in [0.717, 1.165) is 0 Å². The zero-order valence-electron chi connectivity index (χ0n) is 8.02. The molecule has 82 valence electrons. The highest BCUT2D eigenvalue weighted by atomic mass is 79.9. The Balaban J connectivity index is 2.23. The van der Waals surface area contributed by atoms with Crippen molar-refractivity contribution in [3.63, 3.8) is 0 Å². The first kappa shape index (κ1) is 10.8. The van der Waals surface area contributed by atoms with Gasteiger partial charge in [-0.25, -0.2) is 4.39 Å². The van der Waals surface area contributed by atoms with Crippen LogP contribution in [0.3, 0.4) is 0 Å². The van der Waals surface area contributed by atoms with Gasteiger partial charge in [0.05, 0.1) is 0 Å². The van der Waals surface area contributed by atoms with E-state index in [1.54, 1.807) is 18.2 Å². The Morgan fingerprint density at radius 3 is 2.62 bits per heavy atom. The lowest BCUT2D eigenvalue weighted by molar-refractivity contribution is 0.451. The molecule has 0 radical (unpaired) electrons. The summed E-state index contributed by atoms with van der Waals surface area (Å²) in [7, 11) is 0. The second kappa shape index (κ2) is 4.44. The molecule has 4 nitrogen and oxygen atoms in total. The lowest BCUT2D eigenvalue weighted by atomic mass is 10.3. The number of hydrogen-bond donors (Lipinski definition) is 1. The van der Waals surface area contributed by atoms with Crippen LogP contribution in [0, 0.1) is 5.82 Å². The minimum absolute atomic E-state index is 0.256. The van der Waals surface area contributed by atoms with Gasteiger partial charge in [-0.2, -0.15) is 0 Å². The van der Waals surface area contributed by atoms with Crippen LogP contribution in [-0.2, 0) is 0 Å². The summed E-state index contributed by atoms with van der Waals surface area (Å²) in [6, 6.07) is 7.32. The number of anilines is 1. The lowest BCUT2D eigenvalue weighted by Crippen LogP contribution is -1.95. The number of aromatic nitrogens is 2. The Kier molecular flexibility index (Phi) is 3.00. The summed E-state index contributed by atoms with van der Waals surface area (Å²) in [6.07, 6.45) is 0. The molecular weight excluding hydrogens is 277 g/mol. The van der Waals surface area contributed by atoms with Gasteiger partial charge in [-0.3, -0.25) is 0 Å². The van der Waals surface area contributed by atoms with E-state index >= 15 is 0 Å². The molecule has 0 aliphatic heterocycles. The van der Waals surface area contributed by atoms with Crippen LogP contribution in [0.2, 0.25) is 0 Å². The molecule has 0 unspecified atom stereocenters. The Morgan fingerprint density at radius 1 is 1.19 bits per heavy atom. The average Bonchev–Trinajstić information content (AvgIpc) is 2.20. The quantitative estimate of drug-likeness (QED) is 0.921. The van der Waals surface area contributed by atoms with Gasteiger partial charge in [-0.1, -0.05) is 15.9 Å². The molecule has 0 saturated carbocycles. The molecule has 0 bridgehead atoms. The van der Waals surface area contributed by atoms with E-state index in [2.05, 4.69) is 26.1 Å². The van der Waals surface area contributed by atoms with Crippen molar-refractivity contribution in [1.82, 2.24) is 10.2 Å². The number of nitrogen functional groups attached to an aromatic ring is 1. The lowest BCUT2D eigenvalue weighted by Gasteiger charge is -2.04. The van der Waals surface area contributed by atoms with Crippen molar-refractivity contribution in [3.8, 4) is 11.6 Å². The van der Waals surface area contributed by atoms with Gasteiger partial charge in [0.2, 0.25) is 5.88 Å². The van der Waals surface area contributed by atoms with Crippen molar-refractivity contribution in [2.75, 3.05) is 5.73 Å². The molecule has 0 amide bonds. The van der Waals surface area contributed by atoms with Gasteiger partial charge in [-0.05, 0) is 18.2 Å². The molecule has 2 rings (SSSR count). The fourth-order valence-electron chi connectivity index (χ4n) is 1.09. The third-order valence-electron chi connectivity index (χ3n) is 1.72. The van der Waals surface area contributed by atoms with Crippen LogP contribution >= 0.6 is 15.9 Å². The Labute approximate surface area is 99.4 Å². The molecule has 0 atom stereocenters. The second-order valence-electron chi connectivity index (χ2n) is 3.00. The zero-order valence-corrected chi connectivity index (χ0v) is 9.61. The van der Waals surface area contributed by atoms with Crippen LogP contribution in [0.15, 0.2) is 34.8 Å². The molecule has 2 aromatic rings. The van der Waals surface area contributed by atoms with Crippen LogP contribution in [0.25, 0.3) is 0 Å². The normalized spacial score (nSPS) is 10.1. The van der Waals surface area contributed by atoms with E-state index in [1.807, 2.05) is 0 Å². The van der Waals surface area contributed by atoms with Crippen LogP contribution in [-0.4, -0.2) is 10.2 Å². The molecule has 0 saturated heterocycles. The monoisotopic (exact) mass is 283 g/mol. The number of rotatable bonds is 2. The molecule has 0 aliphatic rings. The van der Waals surface area contributed by atoms with Gasteiger partial charge in [0, 0.05) is 16.6 Å². The third-order valence-corrected chi connectivity index (χ3v) is 2.18. The largest absolute Gasteiger partial charge is 0.437 e. The van der Waals surface area contributed by atoms with E-state index in [9.17, 15) is 4.39 Å². The molecule has 1 heterocycles. The van der Waals surface area contributed by atoms with E-state index in [-0.39, 0.29) is 5.88 Å². The molecular formula is C10H7BrFN3O. The third kappa shape index (κ3) is 2.66. The van der Waals surface area contributed by atoms with Crippen molar-refractivity contribution in [2.24, 2.45) is 0 Å². The predicted octanol–water partition coefficient (Wildman–Crippen LogP) is 2.75. The number of nitrogens with two attached hydrogens (primary N) is 1. The molecule has 16 heavy (non-hydrogen) atoms. The average molecular weight is 284 g/mol. The Hall–Kier alpha value is -1.69. The molecule has 0 spiro atoms. The van der Waals surface area contributed by atoms with Gasteiger partial charge >= 0.3 is 0 Å². The zero-order chi connectivity index (χ0) is 11.5. The molecule has 1 aromatic heterocycles.